The molecule has 0 aromatic carbocycles. The van der Waals surface area contributed by atoms with Crippen LogP contribution in [0, 0.1) is 17.8 Å². The van der Waals surface area contributed by atoms with Crippen molar-refractivity contribution < 1.29 is 9.90 Å². The molecule has 6 heteroatoms. The molecule has 1 aromatic heterocycles. The summed E-state index contributed by atoms with van der Waals surface area (Å²) < 4.78 is 1.80. The topological polar surface area (TPSA) is 74.6 Å². The van der Waals surface area contributed by atoms with Crippen molar-refractivity contribution in [3.8, 4) is 0 Å². The van der Waals surface area contributed by atoms with Gasteiger partial charge in [0.25, 0.3) is 5.56 Å². The average Bonchev–Trinajstić information content (AvgIpc) is 3.17. The summed E-state index contributed by atoms with van der Waals surface area (Å²) in [6, 6.07) is 5.02. The largest absolute Gasteiger partial charge is 0.396 e. The Hall–Kier alpha value is -1.66. The fraction of sp³-hybridized carbons (Fsp3) is 0.700. The van der Waals surface area contributed by atoms with Crippen LogP contribution in [0.3, 0.4) is 0 Å². The van der Waals surface area contributed by atoms with E-state index in [1.807, 2.05) is 13.1 Å². The first kappa shape index (κ1) is 17.7. The van der Waals surface area contributed by atoms with Crippen LogP contribution in [0.1, 0.15) is 43.8 Å². The molecular formula is C20H29N3O3. The van der Waals surface area contributed by atoms with Crippen molar-refractivity contribution in [3.63, 3.8) is 0 Å². The van der Waals surface area contributed by atoms with Crippen molar-refractivity contribution in [1.82, 2.24) is 14.8 Å². The number of hydrogen-bond donors (Lipinski definition) is 2. The lowest BCUT2D eigenvalue weighted by molar-refractivity contribution is -0.127. The van der Waals surface area contributed by atoms with Crippen LogP contribution in [0.15, 0.2) is 23.0 Å². The molecule has 2 fully saturated rings. The third kappa shape index (κ3) is 2.89. The number of hydrogen-bond acceptors (Lipinski definition) is 4. The lowest BCUT2D eigenvalue weighted by Gasteiger charge is -2.28. The molecule has 3 heterocycles. The van der Waals surface area contributed by atoms with Crippen molar-refractivity contribution >= 4 is 5.91 Å². The molecule has 0 radical (unpaired) electrons. The van der Waals surface area contributed by atoms with E-state index in [-0.39, 0.29) is 42.0 Å². The zero-order chi connectivity index (χ0) is 18.3. The summed E-state index contributed by atoms with van der Waals surface area (Å²) in [6.07, 6.45) is 6.24. The molecule has 6 nitrogen and oxygen atoms in total. The number of nitrogens with one attached hydrogen (secondary N) is 1. The minimum Gasteiger partial charge on any atom is -0.396 e. The number of fused-ring (bicyclic) bond motifs is 3. The van der Waals surface area contributed by atoms with E-state index in [0.29, 0.717) is 12.5 Å². The van der Waals surface area contributed by atoms with Crippen LogP contribution < -0.4 is 10.9 Å². The molecule has 1 aliphatic carbocycles. The van der Waals surface area contributed by atoms with Gasteiger partial charge in [-0.25, -0.2) is 0 Å². The Labute approximate surface area is 154 Å². The van der Waals surface area contributed by atoms with Crippen LogP contribution in [0.5, 0.6) is 0 Å². The SMILES string of the molecule is CN1[C@@H]2c3cccc(=O)n3C[C@@H]2[C@@H](CO)[C@@H]1C(=O)NCC1CCCCC1. The molecule has 1 aromatic rings. The van der Waals surface area contributed by atoms with Crippen LogP contribution in [0.25, 0.3) is 0 Å². The second kappa shape index (κ2) is 7.16. The standard InChI is InChI=1S/C20H29N3O3/c1-22-18-14(11-23-16(18)8-5-9-17(23)25)15(12-24)19(22)20(26)21-10-13-6-3-2-4-7-13/h5,8-9,13-15,18-19,24H,2-4,6-7,10-12H2,1H3,(H,21,26)/t14-,15-,18+,19-/m1/s1. The minimum atomic E-state index is -0.331. The van der Waals surface area contributed by atoms with Gasteiger partial charge in [-0.3, -0.25) is 14.5 Å². The van der Waals surface area contributed by atoms with Gasteiger partial charge in [-0.15, -0.1) is 0 Å². The number of likely N-dealkylation sites (N-methyl/N-ethyl adjacent to an activating group) is 1. The Morgan fingerprint density at radius 3 is 2.77 bits per heavy atom. The summed E-state index contributed by atoms with van der Waals surface area (Å²) in [6.45, 7) is 1.30. The Balaban J connectivity index is 1.50. The maximum Gasteiger partial charge on any atom is 0.250 e. The van der Waals surface area contributed by atoms with Gasteiger partial charge in [0.15, 0.2) is 0 Å². The van der Waals surface area contributed by atoms with Crippen LogP contribution in [-0.4, -0.2) is 46.7 Å². The number of aliphatic hydroxyl groups is 1. The Kier molecular flexibility index (Phi) is 4.88. The number of rotatable bonds is 4. The second-order valence-corrected chi connectivity index (χ2v) is 8.21. The van der Waals surface area contributed by atoms with Gasteiger partial charge in [0.1, 0.15) is 0 Å². The van der Waals surface area contributed by atoms with Gasteiger partial charge < -0.3 is 15.0 Å². The molecule has 26 heavy (non-hydrogen) atoms. The highest BCUT2D eigenvalue weighted by Crippen LogP contribution is 2.47. The van der Waals surface area contributed by atoms with E-state index in [0.717, 1.165) is 12.2 Å². The highest BCUT2D eigenvalue weighted by Gasteiger charge is 2.53. The van der Waals surface area contributed by atoms with Crippen LogP contribution >= 0.6 is 0 Å². The van der Waals surface area contributed by atoms with Gasteiger partial charge in [-0.05, 0) is 31.9 Å². The maximum absolute atomic E-state index is 12.9. The quantitative estimate of drug-likeness (QED) is 0.845. The molecule has 3 aliphatic rings. The number of carbonyl (C=O) groups excluding carboxylic acids is 1. The maximum atomic E-state index is 12.9. The zero-order valence-corrected chi connectivity index (χ0v) is 15.4. The van der Waals surface area contributed by atoms with Crippen molar-refractivity contribution in [2.75, 3.05) is 20.2 Å². The Morgan fingerprint density at radius 1 is 1.27 bits per heavy atom. The highest BCUT2D eigenvalue weighted by molar-refractivity contribution is 5.82. The molecule has 0 spiro atoms. The van der Waals surface area contributed by atoms with Gasteiger partial charge in [-0.2, -0.15) is 0 Å². The normalized spacial score (nSPS) is 31.6. The number of likely N-dealkylation sites (tertiary alicyclic amines) is 1. The Morgan fingerprint density at radius 2 is 2.04 bits per heavy atom. The number of aliphatic hydroxyl groups excluding tert-OH is 1. The number of nitrogens with zero attached hydrogens (tertiary/aromatic N) is 2. The van der Waals surface area contributed by atoms with E-state index in [4.69, 9.17) is 0 Å². The van der Waals surface area contributed by atoms with Crippen molar-refractivity contribution in [3.05, 3.63) is 34.2 Å². The second-order valence-electron chi connectivity index (χ2n) is 8.21. The van der Waals surface area contributed by atoms with Crippen molar-refractivity contribution in [2.24, 2.45) is 17.8 Å². The molecule has 4 rings (SSSR count). The minimum absolute atomic E-state index is 0.000268. The van der Waals surface area contributed by atoms with Crippen LogP contribution in [-0.2, 0) is 11.3 Å². The van der Waals surface area contributed by atoms with E-state index in [1.165, 1.54) is 32.1 Å². The fourth-order valence-electron chi connectivity index (χ4n) is 5.46. The molecule has 1 saturated heterocycles. The van der Waals surface area contributed by atoms with Gasteiger partial charge in [-0.1, -0.05) is 25.3 Å². The predicted octanol–water partition coefficient (Wildman–Crippen LogP) is 1.14. The molecule has 1 amide bonds. The average molecular weight is 359 g/mol. The van der Waals surface area contributed by atoms with Gasteiger partial charge >= 0.3 is 0 Å². The van der Waals surface area contributed by atoms with Gasteiger partial charge in [0, 0.05) is 43.3 Å². The summed E-state index contributed by atoms with van der Waals surface area (Å²) >= 11 is 0. The smallest absolute Gasteiger partial charge is 0.250 e. The first-order valence-corrected chi connectivity index (χ1v) is 9.92. The van der Waals surface area contributed by atoms with Crippen molar-refractivity contribution in [1.29, 1.82) is 0 Å². The molecule has 4 atom stereocenters. The number of aromatic nitrogens is 1. The summed E-state index contributed by atoms with van der Waals surface area (Å²) in [4.78, 5) is 27.2. The molecule has 2 aliphatic heterocycles. The first-order chi connectivity index (χ1) is 12.6. The van der Waals surface area contributed by atoms with E-state index in [9.17, 15) is 14.7 Å². The highest BCUT2D eigenvalue weighted by atomic mass is 16.3. The molecule has 0 unspecified atom stereocenters. The number of amides is 1. The van der Waals surface area contributed by atoms with Gasteiger partial charge in [0.2, 0.25) is 5.91 Å². The fourth-order valence-corrected chi connectivity index (χ4v) is 5.46. The third-order valence-corrected chi connectivity index (χ3v) is 6.79. The summed E-state index contributed by atoms with van der Waals surface area (Å²) in [5, 5.41) is 13.2. The first-order valence-electron chi connectivity index (χ1n) is 9.92. The summed E-state index contributed by atoms with van der Waals surface area (Å²) in [7, 11) is 1.95. The molecule has 2 N–H and O–H groups in total. The van der Waals surface area contributed by atoms with Crippen LogP contribution in [0.2, 0.25) is 0 Å². The van der Waals surface area contributed by atoms with Crippen LogP contribution in [0.4, 0.5) is 0 Å². The molecule has 142 valence electrons. The molecule has 1 saturated carbocycles. The third-order valence-electron chi connectivity index (χ3n) is 6.79. The zero-order valence-electron chi connectivity index (χ0n) is 15.4. The summed E-state index contributed by atoms with van der Waals surface area (Å²) in [5.74, 6) is 0.573. The number of carbonyl (C=O) groups is 1. The molecular weight excluding hydrogens is 330 g/mol. The van der Waals surface area contributed by atoms with E-state index in [2.05, 4.69) is 10.2 Å². The lowest BCUT2D eigenvalue weighted by atomic mass is 9.87. The predicted molar refractivity (Wildman–Crippen MR) is 98.6 cm³/mol. The Bertz CT molecular complexity index is 725. The lowest BCUT2D eigenvalue weighted by Crippen LogP contribution is -2.48. The monoisotopic (exact) mass is 359 g/mol. The van der Waals surface area contributed by atoms with Gasteiger partial charge in [0.05, 0.1) is 12.1 Å². The summed E-state index contributed by atoms with van der Waals surface area (Å²) in [5.41, 5.74) is 0.964. The van der Waals surface area contributed by atoms with E-state index < -0.39 is 0 Å². The molecule has 0 bridgehead atoms. The van der Waals surface area contributed by atoms with E-state index in [1.54, 1.807) is 16.7 Å². The number of pyridine rings is 1. The van der Waals surface area contributed by atoms with E-state index >= 15 is 0 Å². The van der Waals surface area contributed by atoms with Crippen molar-refractivity contribution in [2.45, 2.75) is 50.7 Å².